The molecule has 0 heterocycles. The highest BCUT2D eigenvalue weighted by molar-refractivity contribution is 7.93. The Labute approximate surface area is 132 Å². The van der Waals surface area contributed by atoms with Crippen LogP contribution in [0.1, 0.15) is 36.8 Å². The number of amides is 1. The summed E-state index contributed by atoms with van der Waals surface area (Å²) in [6, 6.07) is 5.30. The van der Waals surface area contributed by atoms with E-state index in [-0.39, 0.29) is 11.4 Å². The first-order valence-electron chi connectivity index (χ1n) is 7.39. The molecule has 4 nitrogen and oxygen atoms in total. The van der Waals surface area contributed by atoms with Gasteiger partial charge in [-0.1, -0.05) is 30.9 Å². The number of terminal acetylenes is 1. The molecule has 0 saturated heterocycles. The molecule has 5 heteroatoms. The number of carbonyl (C=O) groups is 1. The third-order valence-electron chi connectivity index (χ3n) is 4.32. The van der Waals surface area contributed by atoms with Crippen molar-refractivity contribution in [1.82, 2.24) is 5.32 Å². The van der Waals surface area contributed by atoms with Crippen molar-refractivity contribution in [3.8, 4) is 12.3 Å². The molecule has 2 rings (SSSR count). The van der Waals surface area contributed by atoms with E-state index in [9.17, 15) is 13.2 Å². The van der Waals surface area contributed by atoms with Crippen molar-refractivity contribution in [2.24, 2.45) is 0 Å². The van der Waals surface area contributed by atoms with Crippen molar-refractivity contribution >= 4 is 15.7 Å². The highest BCUT2D eigenvalue weighted by Gasteiger charge is 2.53. The van der Waals surface area contributed by atoms with Crippen LogP contribution < -0.4 is 5.32 Å². The van der Waals surface area contributed by atoms with Crippen LogP contribution in [0.4, 0.5) is 0 Å². The minimum absolute atomic E-state index is 0.0445. The van der Waals surface area contributed by atoms with Crippen LogP contribution >= 0.6 is 0 Å². The average Bonchev–Trinajstić information content (AvgIpc) is 2.98. The molecule has 0 aromatic heterocycles. The molecule has 1 aromatic carbocycles. The Morgan fingerprint density at radius 1 is 1.32 bits per heavy atom. The van der Waals surface area contributed by atoms with E-state index in [2.05, 4.69) is 11.2 Å². The van der Waals surface area contributed by atoms with Crippen LogP contribution in [0.5, 0.6) is 0 Å². The number of aryl methyl sites for hydroxylation is 2. The van der Waals surface area contributed by atoms with Gasteiger partial charge < -0.3 is 5.32 Å². The summed E-state index contributed by atoms with van der Waals surface area (Å²) >= 11 is 0. The van der Waals surface area contributed by atoms with Gasteiger partial charge >= 0.3 is 0 Å². The van der Waals surface area contributed by atoms with Gasteiger partial charge in [0.15, 0.2) is 14.6 Å². The number of nitrogens with one attached hydrogen (secondary N) is 1. The second-order valence-electron chi connectivity index (χ2n) is 5.86. The van der Waals surface area contributed by atoms with Gasteiger partial charge in [0.1, 0.15) is 0 Å². The van der Waals surface area contributed by atoms with Gasteiger partial charge in [0.2, 0.25) is 5.91 Å². The smallest absolute Gasteiger partial charge is 0.242 e. The fourth-order valence-electron chi connectivity index (χ4n) is 3.06. The predicted octanol–water partition coefficient (Wildman–Crippen LogP) is 2.14. The third-order valence-corrected chi connectivity index (χ3v) is 6.96. The standard InChI is InChI=1S/C17H21NO3S/c1-4-11-18-16(19)17(9-5-6-10-17)22(20,21)15-12-13(2)7-8-14(15)3/h1,7-8,12H,5-6,9-11H2,2-3H3,(H,18,19). The molecular formula is C17H21NO3S. The summed E-state index contributed by atoms with van der Waals surface area (Å²) < 4.78 is 25.1. The molecule has 0 unspecified atom stereocenters. The highest BCUT2D eigenvalue weighted by Crippen LogP contribution is 2.41. The number of rotatable bonds is 4. The maximum absolute atomic E-state index is 13.2. The van der Waals surface area contributed by atoms with Crippen molar-refractivity contribution in [3.05, 3.63) is 29.3 Å². The lowest BCUT2D eigenvalue weighted by Gasteiger charge is -2.28. The zero-order chi connectivity index (χ0) is 16.4. The molecule has 1 aromatic rings. The molecule has 1 N–H and O–H groups in total. The lowest BCUT2D eigenvalue weighted by atomic mass is 10.1. The largest absolute Gasteiger partial charge is 0.344 e. The lowest BCUT2D eigenvalue weighted by molar-refractivity contribution is -0.123. The summed E-state index contributed by atoms with van der Waals surface area (Å²) in [5, 5.41) is 2.57. The first-order valence-corrected chi connectivity index (χ1v) is 8.87. The van der Waals surface area contributed by atoms with Gasteiger partial charge in [-0.15, -0.1) is 6.42 Å². The van der Waals surface area contributed by atoms with E-state index in [4.69, 9.17) is 6.42 Å². The Bertz CT molecular complexity index is 723. The molecule has 0 spiro atoms. The topological polar surface area (TPSA) is 63.2 Å². The van der Waals surface area contributed by atoms with E-state index in [1.807, 2.05) is 13.0 Å². The van der Waals surface area contributed by atoms with E-state index in [0.29, 0.717) is 18.4 Å². The lowest BCUT2D eigenvalue weighted by Crippen LogP contribution is -2.50. The van der Waals surface area contributed by atoms with Crippen molar-refractivity contribution < 1.29 is 13.2 Å². The molecule has 0 atom stereocenters. The second kappa shape index (κ2) is 6.13. The molecule has 22 heavy (non-hydrogen) atoms. The third kappa shape index (κ3) is 2.64. The minimum Gasteiger partial charge on any atom is -0.344 e. The van der Waals surface area contributed by atoms with Crippen molar-refractivity contribution in [3.63, 3.8) is 0 Å². The quantitative estimate of drug-likeness (QED) is 0.865. The van der Waals surface area contributed by atoms with Gasteiger partial charge in [0.05, 0.1) is 11.4 Å². The summed E-state index contributed by atoms with van der Waals surface area (Å²) in [5.41, 5.74) is 1.53. The van der Waals surface area contributed by atoms with E-state index >= 15 is 0 Å². The fraction of sp³-hybridized carbons (Fsp3) is 0.471. The second-order valence-corrected chi connectivity index (χ2v) is 8.09. The minimum atomic E-state index is -3.76. The summed E-state index contributed by atoms with van der Waals surface area (Å²) in [4.78, 5) is 12.8. The first kappa shape index (κ1) is 16.6. The molecule has 1 fully saturated rings. The van der Waals surface area contributed by atoms with Gasteiger partial charge in [-0.25, -0.2) is 8.42 Å². The maximum atomic E-state index is 13.2. The summed E-state index contributed by atoms with van der Waals surface area (Å²) in [5.74, 6) is 1.86. The van der Waals surface area contributed by atoms with Crippen molar-refractivity contribution in [1.29, 1.82) is 0 Å². The van der Waals surface area contributed by atoms with Crippen LogP contribution in [0.3, 0.4) is 0 Å². The molecule has 0 radical (unpaired) electrons. The Kier molecular flexibility index (Phi) is 4.62. The van der Waals surface area contributed by atoms with E-state index in [1.54, 1.807) is 19.1 Å². The van der Waals surface area contributed by atoms with Crippen LogP contribution in [-0.4, -0.2) is 25.6 Å². The van der Waals surface area contributed by atoms with Crippen LogP contribution in [0, 0.1) is 26.2 Å². The Balaban J connectivity index is 2.54. The number of sulfone groups is 1. The maximum Gasteiger partial charge on any atom is 0.242 e. The van der Waals surface area contributed by atoms with Crippen molar-refractivity contribution in [2.45, 2.75) is 49.2 Å². The van der Waals surface area contributed by atoms with E-state index in [0.717, 1.165) is 18.4 Å². The Hall–Kier alpha value is -1.80. The van der Waals surface area contributed by atoms with E-state index < -0.39 is 20.5 Å². The van der Waals surface area contributed by atoms with Crippen LogP contribution in [-0.2, 0) is 14.6 Å². The molecule has 1 aliphatic carbocycles. The van der Waals surface area contributed by atoms with Gasteiger partial charge in [-0.05, 0) is 43.9 Å². The van der Waals surface area contributed by atoms with Gasteiger partial charge in [0, 0.05) is 0 Å². The molecule has 0 aliphatic heterocycles. The molecule has 118 valence electrons. The van der Waals surface area contributed by atoms with Crippen molar-refractivity contribution in [2.75, 3.05) is 6.54 Å². The zero-order valence-electron chi connectivity index (χ0n) is 13.0. The monoisotopic (exact) mass is 319 g/mol. The van der Waals surface area contributed by atoms with Crippen LogP contribution in [0.2, 0.25) is 0 Å². The van der Waals surface area contributed by atoms with Crippen LogP contribution in [0.15, 0.2) is 23.1 Å². The first-order chi connectivity index (χ1) is 10.3. The normalized spacial score (nSPS) is 17.0. The Morgan fingerprint density at radius 3 is 2.55 bits per heavy atom. The number of hydrogen-bond donors (Lipinski definition) is 1. The van der Waals surface area contributed by atoms with Gasteiger partial charge in [-0.3, -0.25) is 4.79 Å². The fourth-order valence-corrected chi connectivity index (χ4v) is 5.46. The number of hydrogen-bond acceptors (Lipinski definition) is 3. The molecule has 1 aliphatic rings. The van der Waals surface area contributed by atoms with Gasteiger partial charge in [-0.2, -0.15) is 0 Å². The summed E-state index contributed by atoms with van der Waals surface area (Å²) in [7, 11) is -3.76. The zero-order valence-corrected chi connectivity index (χ0v) is 13.8. The highest BCUT2D eigenvalue weighted by atomic mass is 32.2. The summed E-state index contributed by atoms with van der Waals surface area (Å²) in [6.45, 7) is 3.65. The molecule has 1 saturated carbocycles. The number of carbonyl (C=O) groups excluding carboxylic acids is 1. The predicted molar refractivity (Wildman–Crippen MR) is 86.1 cm³/mol. The Morgan fingerprint density at radius 2 is 1.95 bits per heavy atom. The van der Waals surface area contributed by atoms with Gasteiger partial charge in [0.25, 0.3) is 0 Å². The van der Waals surface area contributed by atoms with Crippen LogP contribution in [0.25, 0.3) is 0 Å². The molecular weight excluding hydrogens is 298 g/mol. The molecule has 1 amide bonds. The SMILES string of the molecule is C#CCNC(=O)C1(S(=O)(=O)c2cc(C)ccc2C)CCCC1. The number of benzene rings is 1. The average molecular weight is 319 g/mol. The molecule has 0 bridgehead atoms. The summed E-state index contributed by atoms with van der Waals surface area (Å²) in [6.07, 6.45) is 7.32. The van der Waals surface area contributed by atoms with E-state index in [1.165, 1.54) is 0 Å².